The molecule has 0 atom stereocenters. The Morgan fingerprint density at radius 3 is 2.44 bits per heavy atom. The summed E-state index contributed by atoms with van der Waals surface area (Å²) in [7, 11) is 0. The van der Waals surface area contributed by atoms with E-state index in [0.717, 1.165) is 37.9 Å². The summed E-state index contributed by atoms with van der Waals surface area (Å²) in [5.74, 6) is 0.344. The lowest BCUT2D eigenvalue weighted by molar-refractivity contribution is -0.137. The zero-order valence-corrected chi connectivity index (χ0v) is 18.6. The Balaban J connectivity index is 1.19. The molecule has 0 saturated heterocycles. The number of aromatic nitrogens is 1. The summed E-state index contributed by atoms with van der Waals surface area (Å²) in [6.45, 7) is 0.819. The number of carbonyl (C=O) groups excluding carboxylic acids is 2. The number of alkyl halides is 3. The highest BCUT2D eigenvalue weighted by molar-refractivity contribution is 6.04. The highest BCUT2D eigenvalue weighted by Crippen LogP contribution is 2.33. The third kappa shape index (κ3) is 5.95. The quantitative estimate of drug-likeness (QED) is 0.636. The van der Waals surface area contributed by atoms with Crippen LogP contribution >= 0.6 is 0 Å². The van der Waals surface area contributed by atoms with E-state index in [0.29, 0.717) is 24.6 Å². The fourth-order valence-electron chi connectivity index (χ4n) is 4.46. The van der Waals surface area contributed by atoms with Crippen LogP contribution in [0.3, 0.4) is 0 Å². The smallest absolute Gasteiger partial charge is 0.368 e. The van der Waals surface area contributed by atoms with Gasteiger partial charge in [0.05, 0.1) is 12.1 Å². The third-order valence-corrected chi connectivity index (χ3v) is 6.37. The summed E-state index contributed by atoms with van der Waals surface area (Å²) in [5.41, 5.74) is 0.955. The molecular weight excluding hydrogens is 445 g/mol. The summed E-state index contributed by atoms with van der Waals surface area (Å²) in [4.78, 5) is 30.2. The average Bonchev–Trinajstić information content (AvgIpc) is 3.20. The molecule has 34 heavy (non-hydrogen) atoms. The molecule has 4 rings (SSSR count). The van der Waals surface area contributed by atoms with Crippen molar-refractivity contribution in [1.82, 2.24) is 15.2 Å². The van der Waals surface area contributed by atoms with E-state index >= 15 is 0 Å². The van der Waals surface area contributed by atoms with Crippen molar-refractivity contribution in [3.63, 3.8) is 0 Å². The minimum atomic E-state index is -4.43. The molecule has 2 aliphatic rings. The Bertz CT molecular complexity index is 1030. The molecule has 2 amide bonds. The largest absolute Gasteiger partial charge is 0.417 e. The molecule has 1 aliphatic heterocycles. The number of hydrogen-bond donors (Lipinski definition) is 2. The standard InChI is InChI=1S/C25H27F3N4O2/c26-25(27,28)20-8-11-22(30-15-20)29-12-13-32-16-19(14-23(32)33)24(34)31-21-9-6-18(7-10-21)17-4-2-1-3-5-17/h1-5,8,11,14-15,18,21H,6-7,9-10,12-13,16H2,(H,29,30)(H,31,34). The zero-order chi connectivity index (χ0) is 24.1. The molecule has 180 valence electrons. The van der Waals surface area contributed by atoms with E-state index in [1.54, 1.807) is 0 Å². The lowest BCUT2D eigenvalue weighted by atomic mass is 9.82. The van der Waals surface area contributed by atoms with Gasteiger partial charge < -0.3 is 15.5 Å². The van der Waals surface area contributed by atoms with Crippen molar-refractivity contribution in [1.29, 1.82) is 0 Å². The van der Waals surface area contributed by atoms with Crippen LogP contribution in [0.25, 0.3) is 0 Å². The maximum Gasteiger partial charge on any atom is 0.417 e. The van der Waals surface area contributed by atoms with Gasteiger partial charge in [0.15, 0.2) is 0 Å². The molecule has 0 radical (unpaired) electrons. The van der Waals surface area contributed by atoms with Crippen molar-refractivity contribution < 1.29 is 22.8 Å². The van der Waals surface area contributed by atoms with Crippen LogP contribution in [-0.2, 0) is 15.8 Å². The van der Waals surface area contributed by atoms with Gasteiger partial charge >= 0.3 is 6.18 Å². The number of halogens is 3. The first-order valence-electron chi connectivity index (χ1n) is 11.4. The van der Waals surface area contributed by atoms with E-state index < -0.39 is 11.7 Å². The Hall–Kier alpha value is -3.36. The van der Waals surface area contributed by atoms with Gasteiger partial charge in [-0.25, -0.2) is 4.98 Å². The molecule has 1 fully saturated rings. The van der Waals surface area contributed by atoms with Gasteiger partial charge in [-0.1, -0.05) is 30.3 Å². The Labute approximate surface area is 196 Å². The van der Waals surface area contributed by atoms with Crippen LogP contribution in [0.4, 0.5) is 19.0 Å². The number of anilines is 1. The number of pyridine rings is 1. The van der Waals surface area contributed by atoms with Crippen LogP contribution in [0.2, 0.25) is 0 Å². The highest BCUT2D eigenvalue weighted by Gasteiger charge is 2.31. The van der Waals surface area contributed by atoms with Crippen LogP contribution in [0.15, 0.2) is 60.3 Å². The minimum Gasteiger partial charge on any atom is -0.368 e. The van der Waals surface area contributed by atoms with Gasteiger partial charge in [0.2, 0.25) is 11.8 Å². The fraction of sp³-hybridized carbons (Fsp3) is 0.400. The maximum absolute atomic E-state index is 12.7. The number of amides is 2. The fourth-order valence-corrected chi connectivity index (χ4v) is 4.46. The monoisotopic (exact) mass is 472 g/mol. The van der Waals surface area contributed by atoms with Crippen LogP contribution in [0.1, 0.15) is 42.7 Å². The molecule has 2 N–H and O–H groups in total. The molecule has 1 aromatic carbocycles. The number of benzene rings is 1. The number of carbonyl (C=O) groups is 2. The maximum atomic E-state index is 12.7. The first kappa shape index (κ1) is 23.8. The van der Waals surface area contributed by atoms with Crippen molar-refractivity contribution in [3.8, 4) is 0 Å². The van der Waals surface area contributed by atoms with Crippen LogP contribution < -0.4 is 10.6 Å². The van der Waals surface area contributed by atoms with E-state index in [1.807, 2.05) is 18.2 Å². The van der Waals surface area contributed by atoms with E-state index in [4.69, 9.17) is 0 Å². The normalized spacial score (nSPS) is 20.7. The lowest BCUT2D eigenvalue weighted by Crippen LogP contribution is -2.39. The van der Waals surface area contributed by atoms with Gasteiger partial charge in [-0.3, -0.25) is 9.59 Å². The zero-order valence-electron chi connectivity index (χ0n) is 18.6. The summed E-state index contributed by atoms with van der Waals surface area (Å²) in [5, 5.41) is 5.97. The molecule has 0 bridgehead atoms. The summed E-state index contributed by atoms with van der Waals surface area (Å²) < 4.78 is 37.8. The van der Waals surface area contributed by atoms with Crippen molar-refractivity contribution >= 4 is 17.6 Å². The molecule has 2 aromatic rings. The van der Waals surface area contributed by atoms with Crippen molar-refractivity contribution in [3.05, 3.63) is 71.4 Å². The molecule has 6 nitrogen and oxygen atoms in total. The van der Waals surface area contributed by atoms with Gasteiger partial charge in [-0.15, -0.1) is 0 Å². The highest BCUT2D eigenvalue weighted by atomic mass is 19.4. The molecule has 0 unspecified atom stereocenters. The second kappa shape index (κ2) is 10.3. The van der Waals surface area contributed by atoms with Gasteiger partial charge in [-0.2, -0.15) is 13.2 Å². The second-order valence-corrected chi connectivity index (χ2v) is 8.72. The summed E-state index contributed by atoms with van der Waals surface area (Å²) >= 11 is 0. The van der Waals surface area contributed by atoms with E-state index in [2.05, 4.69) is 27.8 Å². The van der Waals surface area contributed by atoms with Crippen molar-refractivity contribution in [2.45, 2.75) is 43.8 Å². The molecule has 1 aromatic heterocycles. The van der Waals surface area contributed by atoms with Crippen LogP contribution in [0, 0.1) is 0 Å². The number of nitrogens with zero attached hydrogens (tertiary/aromatic N) is 2. The predicted molar refractivity (Wildman–Crippen MR) is 122 cm³/mol. The van der Waals surface area contributed by atoms with Gasteiger partial charge in [0.25, 0.3) is 0 Å². The topological polar surface area (TPSA) is 74.3 Å². The predicted octanol–water partition coefficient (Wildman–Crippen LogP) is 4.12. The van der Waals surface area contributed by atoms with Crippen LogP contribution in [-0.4, -0.2) is 47.4 Å². The molecule has 1 saturated carbocycles. The number of rotatable bonds is 7. The number of nitrogens with one attached hydrogen (secondary N) is 2. The van der Waals surface area contributed by atoms with E-state index in [9.17, 15) is 22.8 Å². The average molecular weight is 473 g/mol. The van der Waals surface area contributed by atoms with Gasteiger partial charge in [-0.05, 0) is 49.3 Å². The number of hydrogen-bond acceptors (Lipinski definition) is 4. The minimum absolute atomic E-state index is 0.102. The Kier molecular flexibility index (Phi) is 7.19. The Morgan fingerprint density at radius 2 is 1.79 bits per heavy atom. The van der Waals surface area contributed by atoms with E-state index in [1.165, 1.54) is 22.6 Å². The SMILES string of the molecule is O=C(NC1CCC(c2ccccc2)CC1)C1=CC(=O)N(CCNc2ccc(C(F)(F)F)cn2)C1. The molecule has 0 spiro atoms. The van der Waals surface area contributed by atoms with E-state index in [-0.39, 0.29) is 30.2 Å². The summed E-state index contributed by atoms with van der Waals surface area (Å²) in [6, 6.07) is 12.7. The van der Waals surface area contributed by atoms with Crippen LogP contribution in [0.5, 0.6) is 0 Å². The molecular formula is C25H27F3N4O2. The molecule has 2 heterocycles. The van der Waals surface area contributed by atoms with Crippen molar-refractivity contribution in [2.24, 2.45) is 0 Å². The van der Waals surface area contributed by atoms with Gasteiger partial charge in [0, 0.05) is 37.0 Å². The molecule has 9 heteroatoms. The Morgan fingerprint density at radius 1 is 1.06 bits per heavy atom. The second-order valence-electron chi connectivity index (χ2n) is 8.72. The lowest BCUT2D eigenvalue weighted by Gasteiger charge is -2.29. The summed E-state index contributed by atoms with van der Waals surface area (Å²) in [6.07, 6.45) is 1.53. The third-order valence-electron chi connectivity index (χ3n) is 6.37. The first-order chi connectivity index (χ1) is 16.3. The first-order valence-corrected chi connectivity index (χ1v) is 11.4. The van der Waals surface area contributed by atoms with Crippen molar-refractivity contribution in [2.75, 3.05) is 25.0 Å². The van der Waals surface area contributed by atoms with Gasteiger partial charge in [0.1, 0.15) is 5.82 Å². The molecule has 1 aliphatic carbocycles.